The quantitative estimate of drug-likeness (QED) is 0.663. The molecule has 0 aromatic heterocycles. The minimum atomic E-state index is -1.01. The van der Waals surface area contributed by atoms with E-state index in [-0.39, 0.29) is 6.54 Å². The van der Waals surface area contributed by atoms with Gasteiger partial charge >= 0.3 is 0 Å². The van der Waals surface area contributed by atoms with Gasteiger partial charge in [0.1, 0.15) is 6.04 Å². The van der Waals surface area contributed by atoms with Crippen LogP contribution in [0.2, 0.25) is 5.02 Å². The van der Waals surface area contributed by atoms with Crippen molar-refractivity contribution >= 4 is 29.5 Å². The number of aliphatic hydroxyl groups is 1. The van der Waals surface area contributed by atoms with E-state index >= 15 is 0 Å². The van der Waals surface area contributed by atoms with E-state index in [0.717, 1.165) is 11.1 Å². The molecule has 0 bridgehead atoms. The molecule has 0 radical (unpaired) electrons. The summed E-state index contributed by atoms with van der Waals surface area (Å²) in [7, 11) is 0. The molecule has 0 aliphatic rings. The minimum Gasteiger partial charge on any atom is -0.394 e. The molecule has 130 valence electrons. The normalized spacial score (nSPS) is 11.9. The highest BCUT2D eigenvalue weighted by Gasteiger charge is 2.18. The van der Waals surface area contributed by atoms with Crippen LogP contribution in [-0.2, 0) is 16.1 Å². The fourth-order valence-electron chi connectivity index (χ4n) is 2.06. The van der Waals surface area contributed by atoms with Gasteiger partial charge in [0.25, 0.3) is 0 Å². The standard InChI is InChI=1S/C19H19ClN2O3/c20-16-9-6-15(7-10-16)12-21-19(25)17(13-23)22-18(24)11-8-14-4-2-1-3-5-14/h1-11,17,23H,12-13H2,(H,21,25)(H,22,24). The Balaban J connectivity index is 1.85. The van der Waals surface area contributed by atoms with E-state index in [4.69, 9.17) is 11.6 Å². The maximum atomic E-state index is 12.1. The molecule has 25 heavy (non-hydrogen) atoms. The molecule has 0 heterocycles. The van der Waals surface area contributed by atoms with Crippen molar-refractivity contribution in [2.24, 2.45) is 0 Å². The summed E-state index contributed by atoms with van der Waals surface area (Å²) in [4.78, 5) is 24.0. The molecular formula is C19H19ClN2O3. The Bertz CT molecular complexity index is 730. The zero-order chi connectivity index (χ0) is 18.1. The fraction of sp³-hybridized carbons (Fsp3) is 0.158. The number of halogens is 1. The van der Waals surface area contributed by atoms with E-state index in [1.165, 1.54) is 6.08 Å². The van der Waals surface area contributed by atoms with E-state index in [9.17, 15) is 14.7 Å². The average Bonchev–Trinajstić information content (AvgIpc) is 2.64. The number of hydrogen-bond donors (Lipinski definition) is 3. The van der Waals surface area contributed by atoms with Gasteiger partial charge in [0.15, 0.2) is 0 Å². The lowest BCUT2D eigenvalue weighted by Gasteiger charge is -2.15. The zero-order valence-electron chi connectivity index (χ0n) is 13.5. The SMILES string of the molecule is O=C(C=Cc1ccccc1)NC(CO)C(=O)NCc1ccc(Cl)cc1. The Kier molecular flexibility index (Phi) is 7.19. The first-order valence-corrected chi connectivity index (χ1v) is 8.13. The number of benzene rings is 2. The van der Waals surface area contributed by atoms with Crippen LogP contribution in [0.5, 0.6) is 0 Å². The maximum absolute atomic E-state index is 12.1. The van der Waals surface area contributed by atoms with Crippen LogP contribution in [0.4, 0.5) is 0 Å². The van der Waals surface area contributed by atoms with Crippen molar-refractivity contribution in [1.29, 1.82) is 0 Å². The van der Waals surface area contributed by atoms with Crippen LogP contribution >= 0.6 is 11.6 Å². The third-order valence-corrected chi connectivity index (χ3v) is 3.67. The van der Waals surface area contributed by atoms with E-state index in [0.29, 0.717) is 5.02 Å². The Morgan fingerprint density at radius 1 is 1.08 bits per heavy atom. The molecular weight excluding hydrogens is 340 g/mol. The number of aliphatic hydroxyl groups excluding tert-OH is 1. The molecule has 3 N–H and O–H groups in total. The van der Waals surface area contributed by atoms with Gasteiger partial charge in [-0.3, -0.25) is 9.59 Å². The number of hydrogen-bond acceptors (Lipinski definition) is 3. The summed E-state index contributed by atoms with van der Waals surface area (Å²) < 4.78 is 0. The van der Waals surface area contributed by atoms with Gasteiger partial charge in [0.2, 0.25) is 11.8 Å². The molecule has 1 unspecified atom stereocenters. The van der Waals surface area contributed by atoms with Crippen LogP contribution in [0.15, 0.2) is 60.7 Å². The van der Waals surface area contributed by atoms with Gasteiger partial charge in [0, 0.05) is 17.6 Å². The van der Waals surface area contributed by atoms with Crippen molar-refractivity contribution in [3.63, 3.8) is 0 Å². The van der Waals surface area contributed by atoms with Gasteiger partial charge in [-0.1, -0.05) is 54.1 Å². The topological polar surface area (TPSA) is 78.4 Å². The van der Waals surface area contributed by atoms with E-state index in [1.54, 1.807) is 30.3 Å². The van der Waals surface area contributed by atoms with E-state index in [1.807, 2.05) is 30.3 Å². The Hall–Kier alpha value is -2.63. The summed E-state index contributed by atoms with van der Waals surface area (Å²) in [6.45, 7) is -0.209. The lowest BCUT2D eigenvalue weighted by molar-refractivity contribution is -0.128. The van der Waals surface area contributed by atoms with Crippen molar-refractivity contribution in [2.75, 3.05) is 6.61 Å². The highest BCUT2D eigenvalue weighted by atomic mass is 35.5. The second-order valence-electron chi connectivity index (χ2n) is 5.33. The summed E-state index contributed by atoms with van der Waals surface area (Å²) in [6, 6.07) is 15.3. The van der Waals surface area contributed by atoms with Crippen LogP contribution in [0.3, 0.4) is 0 Å². The van der Waals surface area contributed by atoms with Crippen molar-refractivity contribution in [3.05, 3.63) is 76.8 Å². The van der Waals surface area contributed by atoms with Crippen LogP contribution in [0, 0.1) is 0 Å². The molecule has 0 spiro atoms. The summed E-state index contributed by atoms with van der Waals surface area (Å²) in [6.07, 6.45) is 2.96. The predicted octanol–water partition coefficient (Wildman–Crippen LogP) is 2.15. The smallest absolute Gasteiger partial charge is 0.245 e. The van der Waals surface area contributed by atoms with Crippen LogP contribution in [-0.4, -0.2) is 29.6 Å². The summed E-state index contributed by atoms with van der Waals surface area (Å²) in [5, 5.41) is 15.1. The summed E-state index contributed by atoms with van der Waals surface area (Å²) in [5.74, 6) is -0.913. The summed E-state index contributed by atoms with van der Waals surface area (Å²) in [5.41, 5.74) is 1.73. The molecule has 2 amide bonds. The first-order valence-electron chi connectivity index (χ1n) is 7.75. The molecule has 1 atom stereocenters. The highest BCUT2D eigenvalue weighted by molar-refractivity contribution is 6.30. The van der Waals surface area contributed by atoms with Gasteiger partial charge in [-0.2, -0.15) is 0 Å². The first-order chi connectivity index (χ1) is 12.1. The number of nitrogens with one attached hydrogen (secondary N) is 2. The van der Waals surface area contributed by atoms with Crippen LogP contribution in [0.25, 0.3) is 6.08 Å². The molecule has 5 nitrogen and oxygen atoms in total. The van der Waals surface area contributed by atoms with Crippen molar-refractivity contribution < 1.29 is 14.7 Å². The monoisotopic (exact) mass is 358 g/mol. The molecule has 0 fully saturated rings. The largest absolute Gasteiger partial charge is 0.394 e. The second kappa shape index (κ2) is 9.61. The predicted molar refractivity (Wildman–Crippen MR) is 97.8 cm³/mol. The van der Waals surface area contributed by atoms with Gasteiger partial charge in [-0.25, -0.2) is 0 Å². The second-order valence-corrected chi connectivity index (χ2v) is 5.77. The van der Waals surface area contributed by atoms with Crippen molar-refractivity contribution in [1.82, 2.24) is 10.6 Å². The Morgan fingerprint density at radius 2 is 1.76 bits per heavy atom. The molecule has 0 saturated carbocycles. The average molecular weight is 359 g/mol. The molecule has 2 aromatic carbocycles. The zero-order valence-corrected chi connectivity index (χ0v) is 14.2. The summed E-state index contributed by atoms with van der Waals surface area (Å²) >= 11 is 5.80. The van der Waals surface area contributed by atoms with Crippen molar-refractivity contribution in [3.8, 4) is 0 Å². The van der Waals surface area contributed by atoms with Crippen LogP contribution in [0.1, 0.15) is 11.1 Å². The minimum absolute atomic E-state index is 0.280. The third-order valence-electron chi connectivity index (χ3n) is 3.42. The van der Waals surface area contributed by atoms with E-state index < -0.39 is 24.5 Å². The highest BCUT2D eigenvalue weighted by Crippen LogP contribution is 2.09. The number of rotatable bonds is 7. The molecule has 0 aliphatic heterocycles. The maximum Gasteiger partial charge on any atom is 0.245 e. The van der Waals surface area contributed by atoms with Gasteiger partial charge < -0.3 is 15.7 Å². The van der Waals surface area contributed by atoms with Gasteiger partial charge in [-0.15, -0.1) is 0 Å². The molecule has 6 heteroatoms. The first kappa shape index (κ1) is 18.7. The fourth-order valence-corrected chi connectivity index (χ4v) is 2.19. The molecule has 2 aromatic rings. The number of carbonyl (C=O) groups is 2. The van der Waals surface area contributed by atoms with Crippen molar-refractivity contribution in [2.45, 2.75) is 12.6 Å². The Morgan fingerprint density at radius 3 is 2.40 bits per heavy atom. The number of amides is 2. The van der Waals surface area contributed by atoms with E-state index in [2.05, 4.69) is 10.6 Å². The van der Waals surface area contributed by atoms with Crippen LogP contribution < -0.4 is 10.6 Å². The molecule has 0 aliphatic carbocycles. The molecule has 0 saturated heterocycles. The number of carbonyl (C=O) groups excluding carboxylic acids is 2. The van der Waals surface area contributed by atoms with Gasteiger partial charge in [0.05, 0.1) is 6.61 Å². The lowest BCUT2D eigenvalue weighted by atomic mass is 10.2. The molecule has 2 rings (SSSR count). The lowest BCUT2D eigenvalue weighted by Crippen LogP contribution is -2.48. The third kappa shape index (κ3) is 6.41. The Labute approximate surface area is 151 Å². The van der Waals surface area contributed by atoms with Gasteiger partial charge in [-0.05, 0) is 29.3 Å².